The number of anilines is 4. The first kappa shape index (κ1) is 14.0. The predicted molar refractivity (Wildman–Crippen MR) is 84.2 cm³/mol. The smallest absolute Gasteiger partial charge is 0.0579 e. The van der Waals surface area contributed by atoms with E-state index in [1.165, 1.54) is 0 Å². The second kappa shape index (κ2) is 6.16. The molecule has 0 spiro atoms. The Hall–Kier alpha value is -2.40. The molecule has 0 aliphatic heterocycles. The molecule has 0 amide bonds. The molecule has 0 atom stereocenters. The van der Waals surface area contributed by atoms with Crippen molar-refractivity contribution in [1.29, 1.82) is 0 Å². The molecular weight excluding hydrogens is 252 g/mol. The summed E-state index contributed by atoms with van der Waals surface area (Å²) < 4.78 is 0. The van der Waals surface area contributed by atoms with Crippen LogP contribution in [0.2, 0.25) is 0 Å². The minimum absolute atomic E-state index is 0.117. The zero-order valence-electron chi connectivity index (χ0n) is 11.3. The Balaban J connectivity index is 2.13. The quantitative estimate of drug-likeness (QED) is 0.531. The average molecular weight is 272 g/mol. The van der Waals surface area contributed by atoms with E-state index in [1.54, 1.807) is 12.1 Å². The maximum absolute atomic E-state index is 8.97. The number of aliphatic hydroxyl groups is 1. The lowest BCUT2D eigenvalue weighted by Gasteiger charge is -2.13. The predicted octanol–water partition coefficient (Wildman–Crippen LogP) is 1.58. The third-order valence-electron chi connectivity index (χ3n) is 3.15. The molecule has 2 aromatic rings. The van der Waals surface area contributed by atoms with Gasteiger partial charge >= 0.3 is 0 Å². The van der Waals surface area contributed by atoms with Gasteiger partial charge in [0.2, 0.25) is 0 Å². The van der Waals surface area contributed by atoms with Gasteiger partial charge < -0.3 is 27.6 Å². The van der Waals surface area contributed by atoms with Crippen LogP contribution in [0.25, 0.3) is 0 Å². The van der Waals surface area contributed by atoms with E-state index in [-0.39, 0.29) is 6.61 Å². The first-order valence-corrected chi connectivity index (χ1v) is 6.47. The molecule has 0 heterocycles. The number of nitrogen functional groups attached to an aromatic ring is 3. The summed E-state index contributed by atoms with van der Waals surface area (Å²) in [7, 11) is 0. The van der Waals surface area contributed by atoms with E-state index in [1.807, 2.05) is 24.3 Å². The van der Waals surface area contributed by atoms with E-state index in [9.17, 15) is 0 Å². The highest BCUT2D eigenvalue weighted by Gasteiger charge is 2.04. The fourth-order valence-corrected chi connectivity index (χ4v) is 2.01. The number of hydrogen-bond donors (Lipinski definition) is 5. The van der Waals surface area contributed by atoms with Gasteiger partial charge in [0, 0.05) is 24.5 Å². The SMILES string of the molecule is Nc1ccc(N)c(CNc2cc(CCO)ccc2N)c1. The first-order valence-electron chi connectivity index (χ1n) is 6.47. The van der Waals surface area contributed by atoms with Crippen molar-refractivity contribution in [2.24, 2.45) is 0 Å². The Labute approximate surface area is 118 Å². The number of aliphatic hydroxyl groups excluding tert-OH is 1. The molecule has 20 heavy (non-hydrogen) atoms. The normalized spacial score (nSPS) is 10.4. The van der Waals surface area contributed by atoms with Gasteiger partial charge in [0.1, 0.15) is 0 Å². The van der Waals surface area contributed by atoms with Crippen molar-refractivity contribution in [2.45, 2.75) is 13.0 Å². The van der Waals surface area contributed by atoms with Crippen LogP contribution in [0.3, 0.4) is 0 Å². The van der Waals surface area contributed by atoms with Crippen molar-refractivity contribution in [3.8, 4) is 0 Å². The van der Waals surface area contributed by atoms with Crippen molar-refractivity contribution < 1.29 is 5.11 Å². The lowest BCUT2D eigenvalue weighted by atomic mass is 10.1. The van der Waals surface area contributed by atoms with Crippen LogP contribution < -0.4 is 22.5 Å². The Bertz CT molecular complexity index is 598. The molecule has 0 unspecified atom stereocenters. The van der Waals surface area contributed by atoms with Gasteiger partial charge in [-0.3, -0.25) is 0 Å². The molecule has 5 nitrogen and oxygen atoms in total. The van der Waals surface area contributed by atoms with Gasteiger partial charge in [0.25, 0.3) is 0 Å². The summed E-state index contributed by atoms with van der Waals surface area (Å²) in [4.78, 5) is 0. The van der Waals surface area contributed by atoms with Gasteiger partial charge in [-0.1, -0.05) is 6.07 Å². The number of hydrogen-bond acceptors (Lipinski definition) is 5. The molecule has 0 saturated carbocycles. The van der Waals surface area contributed by atoms with Crippen LogP contribution in [0.5, 0.6) is 0 Å². The summed E-state index contributed by atoms with van der Waals surface area (Å²) in [6, 6.07) is 11.1. The highest BCUT2D eigenvalue weighted by Crippen LogP contribution is 2.23. The van der Waals surface area contributed by atoms with Gasteiger partial charge in [-0.25, -0.2) is 0 Å². The van der Waals surface area contributed by atoms with Crippen LogP contribution in [-0.2, 0) is 13.0 Å². The van der Waals surface area contributed by atoms with E-state index >= 15 is 0 Å². The molecule has 0 saturated heterocycles. The van der Waals surface area contributed by atoms with Crippen LogP contribution in [0.1, 0.15) is 11.1 Å². The maximum Gasteiger partial charge on any atom is 0.0579 e. The summed E-state index contributed by atoms with van der Waals surface area (Å²) in [5.74, 6) is 0. The molecule has 2 aromatic carbocycles. The Morgan fingerprint density at radius 3 is 2.45 bits per heavy atom. The van der Waals surface area contributed by atoms with Crippen molar-refractivity contribution in [1.82, 2.24) is 0 Å². The molecule has 0 bridgehead atoms. The van der Waals surface area contributed by atoms with E-state index in [2.05, 4.69) is 5.32 Å². The molecule has 106 valence electrons. The number of rotatable bonds is 5. The van der Waals surface area contributed by atoms with Crippen LogP contribution in [0.4, 0.5) is 22.7 Å². The number of nitrogens with two attached hydrogens (primary N) is 3. The second-order valence-electron chi connectivity index (χ2n) is 4.71. The fraction of sp³-hybridized carbons (Fsp3) is 0.200. The molecule has 0 aliphatic rings. The van der Waals surface area contributed by atoms with E-state index in [0.717, 1.165) is 16.8 Å². The van der Waals surface area contributed by atoms with Gasteiger partial charge in [-0.2, -0.15) is 0 Å². The molecule has 0 aliphatic carbocycles. The topological polar surface area (TPSA) is 110 Å². The van der Waals surface area contributed by atoms with Crippen LogP contribution >= 0.6 is 0 Å². The van der Waals surface area contributed by atoms with Crippen molar-refractivity contribution >= 4 is 22.7 Å². The van der Waals surface area contributed by atoms with Gasteiger partial charge in [-0.15, -0.1) is 0 Å². The molecule has 5 heteroatoms. The van der Waals surface area contributed by atoms with Crippen molar-refractivity contribution in [3.63, 3.8) is 0 Å². The Morgan fingerprint density at radius 2 is 1.70 bits per heavy atom. The molecule has 2 rings (SSSR count). The third kappa shape index (κ3) is 3.33. The summed E-state index contributed by atoms with van der Waals surface area (Å²) in [5.41, 5.74) is 22.4. The zero-order valence-corrected chi connectivity index (χ0v) is 11.3. The third-order valence-corrected chi connectivity index (χ3v) is 3.15. The molecule has 8 N–H and O–H groups in total. The highest BCUT2D eigenvalue weighted by atomic mass is 16.2. The number of nitrogens with one attached hydrogen (secondary N) is 1. The lowest BCUT2D eigenvalue weighted by Crippen LogP contribution is -2.06. The zero-order chi connectivity index (χ0) is 14.5. The van der Waals surface area contributed by atoms with Crippen LogP contribution in [-0.4, -0.2) is 11.7 Å². The van der Waals surface area contributed by atoms with E-state index in [0.29, 0.717) is 30.0 Å². The van der Waals surface area contributed by atoms with Crippen molar-refractivity contribution in [3.05, 3.63) is 47.5 Å². The Morgan fingerprint density at radius 1 is 0.950 bits per heavy atom. The standard InChI is InChI=1S/C15H20N4O/c16-12-2-4-13(17)11(8-12)9-19-15-7-10(5-6-20)1-3-14(15)18/h1-4,7-8,19-20H,5-6,9,16-18H2. The molecule has 0 radical (unpaired) electrons. The first-order chi connectivity index (χ1) is 9.60. The maximum atomic E-state index is 8.97. The number of benzene rings is 2. The lowest BCUT2D eigenvalue weighted by molar-refractivity contribution is 0.299. The summed E-state index contributed by atoms with van der Waals surface area (Å²) in [5, 5.41) is 12.2. The van der Waals surface area contributed by atoms with Crippen LogP contribution in [0.15, 0.2) is 36.4 Å². The summed E-state index contributed by atoms with van der Waals surface area (Å²) in [6.07, 6.45) is 0.607. The summed E-state index contributed by atoms with van der Waals surface area (Å²) >= 11 is 0. The van der Waals surface area contributed by atoms with Gasteiger partial charge in [0.05, 0.1) is 11.4 Å². The largest absolute Gasteiger partial charge is 0.399 e. The minimum Gasteiger partial charge on any atom is -0.399 e. The minimum atomic E-state index is 0.117. The monoisotopic (exact) mass is 272 g/mol. The highest BCUT2D eigenvalue weighted by molar-refractivity contribution is 5.68. The molecular formula is C15H20N4O. The molecule has 0 aromatic heterocycles. The van der Waals surface area contributed by atoms with Crippen LogP contribution in [0, 0.1) is 0 Å². The van der Waals surface area contributed by atoms with Gasteiger partial charge in [0.15, 0.2) is 0 Å². The van der Waals surface area contributed by atoms with Gasteiger partial charge in [-0.05, 0) is 47.9 Å². The fourth-order valence-electron chi connectivity index (χ4n) is 2.01. The Kier molecular flexibility index (Phi) is 4.32. The average Bonchev–Trinajstić information content (AvgIpc) is 2.43. The second-order valence-corrected chi connectivity index (χ2v) is 4.71. The van der Waals surface area contributed by atoms with E-state index in [4.69, 9.17) is 22.3 Å². The summed E-state index contributed by atoms with van der Waals surface area (Å²) in [6.45, 7) is 0.662. The van der Waals surface area contributed by atoms with Crippen molar-refractivity contribution in [2.75, 3.05) is 29.1 Å². The van der Waals surface area contributed by atoms with E-state index < -0.39 is 0 Å². The molecule has 0 fully saturated rings.